The fraction of sp³-hybridized carbons (Fsp3) is 0.0435. The molecule has 1 heterocycles. The van der Waals surface area contributed by atoms with Crippen LogP contribution in [0.3, 0.4) is 0 Å². The van der Waals surface area contributed by atoms with Crippen LogP contribution in [-0.2, 0) is 15.7 Å². The summed E-state index contributed by atoms with van der Waals surface area (Å²) in [5, 5.41) is 11.2. The lowest BCUT2D eigenvalue weighted by Crippen LogP contribution is -2.06. The first-order valence-corrected chi connectivity index (χ1v) is 9.52. The third-order valence-electron chi connectivity index (χ3n) is 4.59. The van der Waals surface area contributed by atoms with Crippen LogP contribution in [0.4, 0.5) is 23.2 Å². The van der Waals surface area contributed by atoms with Crippen molar-refractivity contribution in [2.45, 2.75) is 6.18 Å². The molecule has 34 heavy (non-hydrogen) atoms. The SMILES string of the molecule is O=C1OC(c2cccc(F)c2)=N/C1=C\c1ccc(Oc2ccc(C(F)(F)F)cc2[N+](=O)[O-])cc1. The molecule has 0 radical (unpaired) electrons. The van der Waals surface area contributed by atoms with Crippen LogP contribution in [0, 0.1) is 15.9 Å². The number of aliphatic imine (C=N–C) groups is 1. The largest absolute Gasteiger partial charge is 0.450 e. The summed E-state index contributed by atoms with van der Waals surface area (Å²) >= 11 is 0. The maximum Gasteiger partial charge on any atom is 0.416 e. The minimum atomic E-state index is -4.74. The fourth-order valence-electron chi connectivity index (χ4n) is 2.99. The highest BCUT2D eigenvalue weighted by atomic mass is 19.4. The summed E-state index contributed by atoms with van der Waals surface area (Å²) in [6.45, 7) is 0. The molecular weight excluding hydrogens is 460 g/mol. The molecule has 1 aliphatic heterocycles. The summed E-state index contributed by atoms with van der Waals surface area (Å²) < 4.78 is 62.4. The zero-order valence-electron chi connectivity index (χ0n) is 16.9. The van der Waals surface area contributed by atoms with Crippen LogP contribution in [0.2, 0.25) is 0 Å². The molecule has 0 atom stereocenters. The van der Waals surface area contributed by atoms with Crippen LogP contribution >= 0.6 is 0 Å². The molecule has 1 aliphatic rings. The molecule has 0 spiro atoms. The van der Waals surface area contributed by atoms with Gasteiger partial charge in [0, 0.05) is 11.6 Å². The molecule has 0 saturated carbocycles. The molecule has 0 unspecified atom stereocenters. The van der Waals surface area contributed by atoms with Gasteiger partial charge in [-0.15, -0.1) is 0 Å². The first-order chi connectivity index (χ1) is 16.1. The summed E-state index contributed by atoms with van der Waals surface area (Å²) in [5.41, 5.74) is -1.26. The Labute approximate surface area is 188 Å². The van der Waals surface area contributed by atoms with Gasteiger partial charge in [-0.05, 0) is 54.1 Å². The van der Waals surface area contributed by atoms with E-state index in [1.54, 1.807) is 0 Å². The average molecular weight is 472 g/mol. The normalized spacial score (nSPS) is 14.6. The number of nitro benzene ring substituents is 1. The quantitative estimate of drug-likeness (QED) is 0.152. The predicted molar refractivity (Wildman–Crippen MR) is 112 cm³/mol. The van der Waals surface area contributed by atoms with E-state index in [1.165, 1.54) is 54.6 Å². The van der Waals surface area contributed by atoms with E-state index in [0.29, 0.717) is 23.3 Å². The highest BCUT2D eigenvalue weighted by Gasteiger charge is 2.33. The molecule has 4 rings (SSSR count). The Morgan fingerprint density at radius 3 is 2.41 bits per heavy atom. The minimum Gasteiger partial charge on any atom is -0.450 e. The number of ether oxygens (including phenoxy) is 2. The molecule has 172 valence electrons. The van der Waals surface area contributed by atoms with Crippen LogP contribution < -0.4 is 4.74 Å². The predicted octanol–water partition coefficient (Wildman–Crippen LogP) is 5.89. The first kappa shape index (κ1) is 22.6. The highest BCUT2D eigenvalue weighted by molar-refractivity contribution is 6.12. The molecule has 7 nitrogen and oxygen atoms in total. The van der Waals surface area contributed by atoms with Gasteiger partial charge < -0.3 is 9.47 Å². The maximum absolute atomic E-state index is 13.4. The van der Waals surface area contributed by atoms with E-state index in [1.807, 2.05) is 0 Å². The number of nitrogens with zero attached hydrogens (tertiary/aromatic N) is 2. The highest BCUT2D eigenvalue weighted by Crippen LogP contribution is 2.38. The van der Waals surface area contributed by atoms with Gasteiger partial charge in [0.25, 0.3) is 0 Å². The van der Waals surface area contributed by atoms with Crippen LogP contribution in [0.5, 0.6) is 11.5 Å². The summed E-state index contributed by atoms with van der Waals surface area (Å²) in [7, 11) is 0. The van der Waals surface area contributed by atoms with Crippen molar-refractivity contribution in [1.82, 2.24) is 0 Å². The van der Waals surface area contributed by atoms with E-state index in [4.69, 9.17) is 9.47 Å². The van der Waals surface area contributed by atoms with Gasteiger partial charge in [0.05, 0.1) is 10.5 Å². The van der Waals surface area contributed by atoms with E-state index in [-0.39, 0.29) is 23.1 Å². The Morgan fingerprint density at radius 1 is 1.03 bits per heavy atom. The number of halogens is 4. The lowest BCUT2D eigenvalue weighted by Gasteiger charge is -2.10. The van der Waals surface area contributed by atoms with Crippen molar-refractivity contribution in [1.29, 1.82) is 0 Å². The van der Waals surface area contributed by atoms with E-state index in [0.717, 1.165) is 6.07 Å². The van der Waals surface area contributed by atoms with Crippen molar-refractivity contribution in [3.8, 4) is 11.5 Å². The van der Waals surface area contributed by atoms with E-state index in [2.05, 4.69) is 4.99 Å². The molecular formula is C23H12F4N2O5. The minimum absolute atomic E-state index is 0.0358. The lowest BCUT2D eigenvalue weighted by molar-refractivity contribution is -0.385. The molecule has 3 aromatic rings. The van der Waals surface area contributed by atoms with Crippen LogP contribution in [0.25, 0.3) is 6.08 Å². The smallest absolute Gasteiger partial charge is 0.416 e. The maximum atomic E-state index is 13.4. The number of carbonyl (C=O) groups is 1. The number of alkyl halides is 3. The summed E-state index contributed by atoms with van der Waals surface area (Å²) in [4.78, 5) is 26.4. The molecule has 0 fully saturated rings. The second-order valence-corrected chi connectivity index (χ2v) is 6.95. The van der Waals surface area contributed by atoms with Crippen molar-refractivity contribution in [2.24, 2.45) is 4.99 Å². The Balaban J connectivity index is 1.55. The molecule has 3 aromatic carbocycles. The third kappa shape index (κ3) is 4.93. The number of hydrogen-bond donors (Lipinski definition) is 0. The van der Waals surface area contributed by atoms with Gasteiger partial charge in [-0.1, -0.05) is 18.2 Å². The topological polar surface area (TPSA) is 91.0 Å². The molecule has 0 amide bonds. The number of rotatable bonds is 5. The number of benzene rings is 3. The summed E-state index contributed by atoms with van der Waals surface area (Å²) in [5.74, 6) is -1.56. The standard InChI is InChI=1S/C23H12F4N2O5/c24-16-3-1-2-14(11-16)21-28-18(22(30)34-21)10-13-4-7-17(8-5-13)33-20-9-6-15(23(25,26)27)12-19(20)29(31)32/h1-12H/b18-10-. The number of carbonyl (C=O) groups excluding carboxylic acids is 1. The Hall–Kier alpha value is -4.54. The van der Waals surface area contributed by atoms with Crippen molar-refractivity contribution >= 4 is 23.6 Å². The Kier molecular flexibility index (Phi) is 5.84. The molecule has 0 bridgehead atoms. The first-order valence-electron chi connectivity index (χ1n) is 9.52. The van der Waals surface area contributed by atoms with Gasteiger partial charge in [-0.2, -0.15) is 13.2 Å². The zero-order valence-corrected chi connectivity index (χ0v) is 16.9. The van der Waals surface area contributed by atoms with Crippen molar-refractivity contribution < 1.29 is 36.8 Å². The summed E-state index contributed by atoms with van der Waals surface area (Å²) in [6.07, 6.45) is -3.34. The van der Waals surface area contributed by atoms with Crippen molar-refractivity contribution in [2.75, 3.05) is 0 Å². The second-order valence-electron chi connectivity index (χ2n) is 6.95. The monoisotopic (exact) mass is 472 g/mol. The second kappa shape index (κ2) is 8.77. The molecule has 0 aliphatic carbocycles. The van der Waals surface area contributed by atoms with Gasteiger partial charge >= 0.3 is 17.8 Å². The number of hydrogen-bond acceptors (Lipinski definition) is 6. The number of nitro groups is 1. The number of esters is 1. The fourth-order valence-corrected chi connectivity index (χ4v) is 2.99. The van der Waals surface area contributed by atoms with Gasteiger partial charge in [0.15, 0.2) is 5.70 Å². The van der Waals surface area contributed by atoms with Crippen LogP contribution in [0.1, 0.15) is 16.7 Å². The van der Waals surface area contributed by atoms with Crippen molar-refractivity contribution in [3.05, 3.63) is 105 Å². The lowest BCUT2D eigenvalue weighted by atomic mass is 10.1. The Bertz CT molecular complexity index is 1350. The summed E-state index contributed by atoms with van der Waals surface area (Å²) in [6, 6.07) is 13.2. The van der Waals surface area contributed by atoms with Crippen molar-refractivity contribution in [3.63, 3.8) is 0 Å². The zero-order chi connectivity index (χ0) is 24.5. The Morgan fingerprint density at radius 2 is 1.76 bits per heavy atom. The van der Waals surface area contributed by atoms with E-state index >= 15 is 0 Å². The van der Waals surface area contributed by atoms with Crippen LogP contribution in [-0.4, -0.2) is 16.8 Å². The molecule has 0 aromatic heterocycles. The molecule has 11 heteroatoms. The van der Waals surface area contributed by atoms with Crippen LogP contribution in [0.15, 0.2) is 77.4 Å². The number of cyclic esters (lactones) is 1. The van der Waals surface area contributed by atoms with Gasteiger partial charge in [0.1, 0.15) is 11.6 Å². The average Bonchev–Trinajstić information content (AvgIpc) is 3.14. The van der Waals surface area contributed by atoms with Gasteiger partial charge in [0.2, 0.25) is 11.6 Å². The molecule has 0 N–H and O–H groups in total. The molecule has 0 saturated heterocycles. The van der Waals surface area contributed by atoms with Gasteiger partial charge in [-0.3, -0.25) is 10.1 Å². The van der Waals surface area contributed by atoms with Gasteiger partial charge in [-0.25, -0.2) is 14.2 Å². The van der Waals surface area contributed by atoms with E-state index < -0.39 is 34.1 Å². The van der Waals surface area contributed by atoms with E-state index in [9.17, 15) is 32.5 Å². The third-order valence-corrected chi connectivity index (χ3v) is 4.59.